The van der Waals surface area contributed by atoms with Crippen LogP contribution in [-0.2, 0) is 0 Å². The van der Waals surface area contributed by atoms with E-state index in [1.165, 1.54) is 36.3 Å². The van der Waals surface area contributed by atoms with Crippen molar-refractivity contribution in [1.82, 2.24) is 25.1 Å². The van der Waals surface area contributed by atoms with E-state index in [0.29, 0.717) is 17.7 Å². The molecule has 1 N–H and O–H groups in total. The van der Waals surface area contributed by atoms with Crippen LogP contribution in [0.4, 0.5) is 22.0 Å². The number of halogens is 5. The number of hydrogen-bond acceptors (Lipinski definition) is 6. The molecule has 8 nitrogen and oxygen atoms in total. The van der Waals surface area contributed by atoms with Crippen molar-refractivity contribution >= 4 is 5.91 Å². The molecule has 0 aliphatic rings. The SMILES string of the molecule is C[C@H](NC(=O)c1cc(OC(F)(F)F)cc(C(F)F)c1)c1ncnn1-c1ccc(C#N)cn1. The average molecular weight is 452 g/mol. The van der Waals surface area contributed by atoms with Gasteiger partial charge in [0.15, 0.2) is 11.6 Å². The van der Waals surface area contributed by atoms with Crippen LogP contribution in [0.2, 0.25) is 0 Å². The van der Waals surface area contributed by atoms with Crippen molar-refractivity contribution in [1.29, 1.82) is 5.26 Å². The predicted molar refractivity (Wildman–Crippen MR) is 97.8 cm³/mol. The first-order chi connectivity index (χ1) is 15.1. The van der Waals surface area contributed by atoms with Gasteiger partial charge in [-0.2, -0.15) is 15.0 Å². The van der Waals surface area contributed by atoms with Crippen molar-refractivity contribution < 1.29 is 31.5 Å². The van der Waals surface area contributed by atoms with E-state index in [4.69, 9.17) is 5.26 Å². The first kappa shape index (κ1) is 22.6. The third kappa shape index (κ3) is 5.34. The van der Waals surface area contributed by atoms with Crippen LogP contribution in [0.3, 0.4) is 0 Å². The van der Waals surface area contributed by atoms with Crippen LogP contribution in [0.15, 0.2) is 42.9 Å². The maximum Gasteiger partial charge on any atom is 0.573 e. The third-order valence-electron chi connectivity index (χ3n) is 4.08. The van der Waals surface area contributed by atoms with Gasteiger partial charge in [-0.1, -0.05) is 0 Å². The Labute approximate surface area is 177 Å². The first-order valence-corrected chi connectivity index (χ1v) is 8.83. The quantitative estimate of drug-likeness (QED) is 0.570. The number of rotatable bonds is 6. The molecule has 1 amide bonds. The Hall–Kier alpha value is -4.08. The average Bonchev–Trinajstić information content (AvgIpc) is 3.22. The summed E-state index contributed by atoms with van der Waals surface area (Å²) in [5, 5.41) is 15.3. The molecule has 32 heavy (non-hydrogen) atoms. The summed E-state index contributed by atoms with van der Waals surface area (Å²) in [6.45, 7) is 1.51. The molecule has 0 aliphatic heterocycles. The van der Waals surface area contributed by atoms with E-state index in [2.05, 4.69) is 25.1 Å². The van der Waals surface area contributed by atoms with Crippen molar-refractivity contribution in [3.8, 4) is 17.6 Å². The minimum Gasteiger partial charge on any atom is -0.406 e. The van der Waals surface area contributed by atoms with Crippen LogP contribution in [0.1, 0.15) is 46.7 Å². The van der Waals surface area contributed by atoms with Gasteiger partial charge in [0.25, 0.3) is 12.3 Å². The number of hydrogen-bond donors (Lipinski definition) is 1. The summed E-state index contributed by atoms with van der Waals surface area (Å²) in [7, 11) is 0. The molecule has 166 valence electrons. The van der Waals surface area contributed by atoms with Crippen molar-refractivity contribution in [3.05, 3.63) is 65.4 Å². The van der Waals surface area contributed by atoms with Gasteiger partial charge in [0.2, 0.25) is 0 Å². The number of nitriles is 1. The summed E-state index contributed by atoms with van der Waals surface area (Å²) in [6.07, 6.45) is -5.75. The molecule has 0 fully saturated rings. The lowest BCUT2D eigenvalue weighted by atomic mass is 10.1. The normalized spacial score (nSPS) is 12.3. The topological polar surface area (TPSA) is 106 Å². The van der Waals surface area contributed by atoms with Gasteiger partial charge in [0, 0.05) is 17.3 Å². The minimum absolute atomic E-state index is 0.201. The first-order valence-electron chi connectivity index (χ1n) is 8.83. The van der Waals surface area contributed by atoms with Gasteiger partial charge < -0.3 is 10.1 Å². The Kier molecular flexibility index (Phi) is 6.33. The van der Waals surface area contributed by atoms with E-state index < -0.39 is 41.6 Å². The van der Waals surface area contributed by atoms with Crippen molar-refractivity contribution in [2.75, 3.05) is 0 Å². The number of ether oxygens (including phenoxy) is 1. The lowest BCUT2D eigenvalue weighted by Crippen LogP contribution is -2.29. The Bertz CT molecular complexity index is 1150. The number of carbonyl (C=O) groups excluding carboxylic acids is 1. The molecule has 0 aliphatic carbocycles. The van der Waals surface area contributed by atoms with Gasteiger partial charge in [-0.3, -0.25) is 4.79 Å². The zero-order valence-electron chi connectivity index (χ0n) is 16.1. The van der Waals surface area contributed by atoms with E-state index in [9.17, 15) is 26.7 Å². The number of benzene rings is 1. The lowest BCUT2D eigenvalue weighted by Gasteiger charge is -2.16. The molecule has 0 bridgehead atoms. The van der Waals surface area contributed by atoms with Gasteiger partial charge in [0.05, 0.1) is 11.6 Å². The van der Waals surface area contributed by atoms with Crippen LogP contribution < -0.4 is 10.1 Å². The van der Waals surface area contributed by atoms with E-state index in [0.717, 1.165) is 6.07 Å². The van der Waals surface area contributed by atoms with Crippen molar-refractivity contribution in [2.24, 2.45) is 0 Å². The molecule has 3 rings (SSSR count). The fourth-order valence-electron chi connectivity index (χ4n) is 2.72. The zero-order valence-corrected chi connectivity index (χ0v) is 16.1. The number of nitrogens with zero attached hydrogens (tertiary/aromatic N) is 5. The van der Waals surface area contributed by atoms with Crippen LogP contribution in [0, 0.1) is 11.3 Å². The maximum atomic E-state index is 13.1. The molecule has 0 saturated carbocycles. The molecule has 2 heterocycles. The molecule has 0 radical (unpaired) electrons. The molecular formula is C19H13F5N6O2. The van der Waals surface area contributed by atoms with Crippen LogP contribution >= 0.6 is 0 Å². The molecule has 0 spiro atoms. The van der Waals surface area contributed by atoms with Crippen molar-refractivity contribution in [2.45, 2.75) is 25.8 Å². The Morgan fingerprint density at radius 2 is 1.97 bits per heavy atom. The summed E-state index contributed by atoms with van der Waals surface area (Å²) in [5.74, 6) is -1.39. The van der Waals surface area contributed by atoms with Crippen molar-refractivity contribution in [3.63, 3.8) is 0 Å². The second-order valence-corrected chi connectivity index (χ2v) is 6.38. The number of nitrogens with one attached hydrogen (secondary N) is 1. The third-order valence-corrected chi connectivity index (χ3v) is 4.08. The molecule has 0 saturated heterocycles. The number of alkyl halides is 5. The maximum absolute atomic E-state index is 13.1. The summed E-state index contributed by atoms with van der Waals surface area (Å²) in [6, 6.07) is 6.04. The van der Waals surface area contributed by atoms with Gasteiger partial charge in [0.1, 0.15) is 18.1 Å². The number of amides is 1. The molecule has 0 unspecified atom stereocenters. The van der Waals surface area contributed by atoms with E-state index in [1.807, 2.05) is 6.07 Å². The second-order valence-electron chi connectivity index (χ2n) is 6.38. The van der Waals surface area contributed by atoms with Crippen LogP contribution in [0.5, 0.6) is 5.75 Å². The lowest BCUT2D eigenvalue weighted by molar-refractivity contribution is -0.274. The highest BCUT2D eigenvalue weighted by Gasteiger charge is 2.32. The highest BCUT2D eigenvalue weighted by atomic mass is 19.4. The van der Waals surface area contributed by atoms with E-state index >= 15 is 0 Å². The van der Waals surface area contributed by atoms with E-state index in [1.54, 1.807) is 0 Å². The Balaban J connectivity index is 1.85. The molecule has 1 atom stereocenters. The zero-order chi connectivity index (χ0) is 23.5. The minimum atomic E-state index is -5.12. The second kappa shape index (κ2) is 8.96. The molecular weight excluding hydrogens is 439 g/mol. The highest BCUT2D eigenvalue weighted by molar-refractivity contribution is 5.95. The highest BCUT2D eigenvalue weighted by Crippen LogP contribution is 2.29. The number of pyridine rings is 1. The van der Waals surface area contributed by atoms with E-state index in [-0.39, 0.29) is 11.6 Å². The van der Waals surface area contributed by atoms with Gasteiger partial charge >= 0.3 is 6.36 Å². The summed E-state index contributed by atoms with van der Waals surface area (Å²) < 4.78 is 68.6. The van der Waals surface area contributed by atoms with Gasteiger partial charge in [-0.15, -0.1) is 13.2 Å². The smallest absolute Gasteiger partial charge is 0.406 e. The molecule has 13 heteroatoms. The number of aromatic nitrogens is 4. The largest absolute Gasteiger partial charge is 0.573 e. The monoisotopic (exact) mass is 452 g/mol. The predicted octanol–water partition coefficient (Wildman–Crippen LogP) is 3.86. The van der Waals surface area contributed by atoms with Gasteiger partial charge in [-0.05, 0) is 37.3 Å². The standard InChI is InChI=1S/C19H13F5N6O2/c1-10(17-27-9-28-30(17)15-3-2-11(7-25)8-26-15)29-18(31)13-4-12(16(20)21)5-14(6-13)32-19(22,23)24/h2-6,8-10,16H,1H3,(H,29,31)/t10-/m0/s1. The fourth-order valence-corrected chi connectivity index (χ4v) is 2.72. The molecule has 3 aromatic rings. The van der Waals surface area contributed by atoms with Crippen LogP contribution in [-0.4, -0.2) is 32.0 Å². The van der Waals surface area contributed by atoms with Crippen LogP contribution in [0.25, 0.3) is 5.82 Å². The Morgan fingerprint density at radius 1 is 1.22 bits per heavy atom. The Morgan fingerprint density at radius 3 is 2.56 bits per heavy atom. The van der Waals surface area contributed by atoms with Gasteiger partial charge in [-0.25, -0.2) is 18.7 Å². The summed E-state index contributed by atoms with van der Waals surface area (Å²) in [5.41, 5.74) is -0.960. The summed E-state index contributed by atoms with van der Waals surface area (Å²) in [4.78, 5) is 20.7. The molecule has 1 aromatic carbocycles. The fraction of sp³-hybridized carbons (Fsp3) is 0.211. The summed E-state index contributed by atoms with van der Waals surface area (Å²) >= 11 is 0. The molecule has 2 aromatic heterocycles. The number of carbonyl (C=O) groups is 1.